The van der Waals surface area contributed by atoms with Crippen LogP contribution in [0.1, 0.15) is 44.2 Å². The molecule has 2 aromatic carbocycles. The lowest BCUT2D eigenvalue weighted by Crippen LogP contribution is -2.12. The average molecular weight is 384 g/mol. The number of para-hydroxylation sites is 2. The van der Waals surface area contributed by atoms with Gasteiger partial charge < -0.3 is 14.6 Å². The second-order valence-electron chi connectivity index (χ2n) is 7.11. The quantitative estimate of drug-likeness (QED) is 0.484. The van der Waals surface area contributed by atoms with Gasteiger partial charge in [0.05, 0.1) is 13.0 Å². The van der Waals surface area contributed by atoms with E-state index in [-0.39, 0.29) is 30.5 Å². The number of aromatic hydroxyl groups is 1. The van der Waals surface area contributed by atoms with Crippen molar-refractivity contribution in [1.29, 1.82) is 0 Å². The summed E-state index contributed by atoms with van der Waals surface area (Å²) < 4.78 is 10.7. The lowest BCUT2D eigenvalue weighted by molar-refractivity contribution is -0.143. The highest BCUT2D eigenvalue weighted by Crippen LogP contribution is 2.22. The summed E-state index contributed by atoms with van der Waals surface area (Å²) in [5.41, 5.74) is 1.50. The Balaban J connectivity index is 1.84. The van der Waals surface area contributed by atoms with Gasteiger partial charge in [-0.05, 0) is 48.4 Å². The highest BCUT2D eigenvalue weighted by Gasteiger charge is 2.12. The van der Waals surface area contributed by atoms with Crippen molar-refractivity contribution >= 4 is 11.9 Å². The lowest BCUT2D eigenvalue weighted by Gasteiger charge is -2.11. The Labute approximate surface area is 166 Å². The van der Waals surface area contributed by atoms with Gasteiger partial charge in [-0.2, -0.15) is 0 Å². The van der Waals surface area contributed by atoms with Crippen LogP contribution >= 0.6 is 0 Å². The van der Waals surface area contributed by atoms with Crippen LogP contribution in [0.15, 0.2) is 48.5 Å². The number of hydrogen-bond donors (Lipinski definition) is 1. The number of carbonyl (C=O) groups excluding carboxylic acids is 2. The summed E-state index contributed by atoms with van der Waals surface area (Å²) in [6.45, 7) is 4.59. The highest BCUT2D eigenvalue weighted by molar-refractivity contribution is 5.73. The van der Waals surface area contributed by atoms with E-state index in [9.17, 15) is 14.7 Å². The molecule has 0 saturated carbocycles. The molecule has 0 aliphatic heterocycles. The van der Waals surface area contributed by atoms with E-state index >= 15 is 0 Å². The summed E-state index contributed by atoms with van der Waals surface area (Å²) in [5, 5.41) is 9.78. The molecular weight excluding hydrogens is 356 g/mol. The Hall–Kier alpha value is -2.82. The molecule has 150 valence electrons. The fourth-order valence-electron chi connectivity index (χ4n) is 2.66. The van der Waals surface area contributed by atoms with Gasteiger partial charge in [-0.15, -0.1) is 0 Å². The van der Waals surface area contributed by atoms with E-state index < -0.39 is 0 Å². The molecule has 28 heavy (non-hydrogen) atoms. The predicted molar refractivity (Wildman–Crippen MR) is 107 cm³/mol. The van der Waals surface area contributed by atoms with Crippen molar-refractivity contribution in [3.05, 3.63) is 59.7 Å². The number of phenolic OH excluding ortho intramolecular Hbond substituents is 1. The summed E-state index contributed by atoms with van der Waals surface area (Å²) in [4.78, 5) is 24.1. The zero-order valence-corrected chi connectivity index (χ0v) is 16.5. The van der Waals surface area contributed by atoms with Gasteiger partial charge in [0.15, 0.2) is 0 Å². The van der Waals surface area contributed by atoms with Gasteiger partial charge >= 0.3 is 11.9 Å². The topological polar surface area (TPSA) is 72.8 Å². The van der Waals surface area contributed by atoms with Crippen molar-refractivity contribution in [1.82, 2.24) is 0 Å². The molecule has 0 aliphatic carbocycles. The zero-order chi connectivity index (χ0) is 20.4. The van der Waals surface area contributed by atoms with Gasteiger partial charge in [0.2, 0.25) is 0 Å². The molecule has 0 radical (unpaired) electrons. The van der Waals surface area contributed by atoms with Gasteiger partial charge in [0.25, 0.3) is 0 Å². The van der Waals surface area contributed by atoms with Crippen LogP contribution in [0, 0.1) is 5.92 Å². The van der Waals surface area contributed by atoms with E-state index in [1.54, 1.807) is 30.3 Å². The smallest absolute Gasteiger partial charge is 0.311 e. The van der Waals surface area contributed by atoms with Crippen LogP contribution in [-0.2, 0) is 27.2 Å². The summed E-state index contributed by atoms with van der Waals surface area (Å²) in [5.74, 6) is 0.494. The monoisotopic (exact) mass is 384 g/mol. The van der Waals surface area contributed by atoms with E-state index in [1.807, 2.05) is 18.2 Å². The zero-order valence-electron chi connectivity index (χ0n) is 16.5. The van der Waals surface area contributed by atoms with Crippen LogP contribution < -0.4 is 4.74 Å². The third kappa shape index (κ3) is 7.43. The number of aryl methyl sites for hydroxylation is 2. The van der Waals surface area contributed by atoms with E-state index in [0.717, 1.165) is 12.0 Å². The summed E-state index contributed by atoms with van der Waals surface area (Å²) in [6, 6.07) is 14.1. The maximum atomic E-state index is 12.2. The molecule has 0 aromatic heterocycles. The number of benzene rings is 2. The van der Waals surface area contributed by atoms with Gasteiger partial charge in [0, 0.05) is 6.42 Å². The van der Waals surface area contributed by atoms with Crippen LogP contribution in [0.25, 0.3) is 0 Å². The molecule has 0 atom stereocenters. The van der Waals surface area contributed by atoms with Gasteiger partial charge in [-0.25, -0.2) is 0 Å². The molecule has 1 N–H and O–H groups in total. The number of hydrogen-bond acceptors (Lipinski definition) is 5. The van der Waals surface area contributed by atoms with Crippen molar-refractivity contribution in [2.75, 3.05) is 6.61 Å². The SMILES string of the molecule is CC(C)CCOC(=O)CCc1ccccc1OC(=O)CCc1ccccc1O. The first-order valence-corrected chi connectivity index (χ1v) is 9.66. The Morgan fingerprint density at radius 2 is 1.50 bits per heavy atom. The first-order valence-electron chi connectivity index (χ1n) is 9.66. The molecule has 2 rings (SSSR count). The first-order chi connectivity index (χ1) is 13.5. The number of rotatable bonds is 10. The van der Waals surface area contributed by atoms with Crippen LogP contribution in [0.4, 0.5) is 0 Å². The van der Waals surface area contributed by atoms with Crippen LogP contribution in [0.2, 0.25) is 0 Å². The van der Waals surface area contributed by atoms with E-state index in [2.05, 4.69) is 13.8 Å². The molecule has 0 bridgehead atoms. The number of ether oxygens (including phenoxy) is 2. The second kappa shape index (κ2) is 11.1. The Bertz CT molecular complexity index is 782. The average Bonchev–Trinajstić information content (AvgIpc) is 2.66. The Morgan fingerprint density at radius 1 is 0.893 bits per heavy atom. The van der Waals surface area contributed by atoms with Gasteiger partial charge in [0.1, 0.15) is 11.5 Å². The van der Waals surface area contributed by atoms with Crippen molar-refractivity contribution in [2.24, 2.45) is 5.92 Å². The maximum absolute atomic E-state index is 12.2. The molecular formula is C23H28O5. The standard InChI is InChI=1S/C23H28O5/c1-17(2)15-16-27-22(25)13-12-19-8-4-6-10-21(19)28-23(26)14-11-18-7-3-5-9-20(18)24/h3-10,17,24H,11-16H2,1-2H3. The van der Waals surface area contributed by atoms with Crippen molar-refractivity contribution in [2.45, 2.75) is 46.0 Å². The second-order valence-corrected chi connectivity index (χ2v) is 7.11. The fraction of sp³-hybridized carbons (Fsp3) is 0.391. The third-order valence-corrected chi connectivity index (χ3v) is 4.34. The molecule has 5 nitrogen and oxygen atoms in total. The van der Waals surface area contributed by atoms with Crippen molar-refractivity contribution in [3.8, 4) is 11.5 Å². The molecule has 0 spiro atoms. The molecule has 0 saturated heterocycles. The van der Waals surface area contributed by atoms with E-state index in [0.29, 0.717) is 36.7 Å². The Morgan fingerprint density at radius 3 is 2.21 bits per heavy atom. The van der Waals surface area contributed by atoms with E-state index in [4.69, 9.17) is 9.47 Å². The molecule has 0 heterocycles. The van der Waals surface area contributed by atoms with E-state index in [1.165, 1.54) is 0 Å². The molecule has 0 amide bonds. The normalized spacial score (nSPS) is 10.7. The molecule has 0 fully saturated rings. The number of carbonyl (C=O) groups is 2. The minimum atomic E-state index is -0.379. The largest absolute Gasteiger partial charge is 0.508 e. The first kappa shape index (κ1) is 21.5. The van der Waals surface area contributed by atoms with Crippen molar-refractivity contribution < 1.29 is 24.2 Å². The molecule has 2 aromatic rings. The lowest BCUT2D eigenvalue weighted by atomic mass is 10.1. The van der Waals surface area contributed by atoms with Gasteiger partial charge in [-0.1, -0.05) is 50.2 Å². The summed E-state index contributed by atoms with van der Waals surface area (Å²) in [6.07, 6.45) is 2.09. The summed E-state index contributed by atoms with van der Waals surface area (Å²) in [7, 11) is 0. The van der Waals surface area contributed by atoms with Crippen molar-refractivity contribution in [3.63, 3.8) is 0 Å². The Kier molecular flexibility index (Phi) is 8.53. The van der Waals surface area contributed by atoms with Gasteiger partial charge in [-0.3, -0.25) is 9.59 Å². The molecule has 5 heteroatoms. The summed E-state index contributed by atoms with van der Waals surface area (Å²) >= 11 is 0. The molecule has 0 unspecified atom stereocenters. The number of esters is 2. The third-order valence-electron chi connectivity index (χ3n) is 4.34. The van der Waals surface area contributed by atoms with Crippen LogP contribution in [0.3, 0.4) is 0 Å². The minimum Gasteiger partial charge on any atom is -0.508 e. The van der Waals surface area contributed by atoms with Crippen LogP contribution in [0.5, 0.6) is 11.5 Å². The molecule has 0 aliphatic rings. The fourth-order valence-corrected chi connectivity index (χ4v) is 2.66. The highest BCUT2D eigenvalue weighted by atomic mass is 16.5. The minimum absolute atomic E-state index is 0.156. The number of phenols is 1. The predicted octanol–water partition coefficient (Wildman–Crippen LogP) is 4.45. The van der Waals surface area contributed by atoms with Crippen LogP contribution in [-0.4, -0.2) is 23.7 Å². The maximum Gasteiger partial charge on any atom is 0.311 e.